The summed E-state index contributed by atoms with van der Waals surface area (Å²) < 4.78 is 11.2. The second-order valence-corrected chi connectivity index (χ2v) is 8.81. The van der Waals surface area contributed by atoms with Gasteiger partial charge in [-0.2, -0.15) is 0 Å². The Morgan fingerprint density at radius 3 is 2.82 bits per heavy atom. The number of rotatable bonds is 5. The fourth-order valence-corrected chi connectivity index (χ4v) is 4.70. The summed E-state index contributed by atoms with van der Waals surface area (Å²) in [4.78, 5) is 16.2. The molecule has 0 radical (unpaired) electrons. The first-order valence-electron chi connectivity index (χ1n) is 10.9. The Hall–Kier alpha value is -3.45. The minimum absolute atomic E-state index is 0.00974. The van der Waals surface area contributed by atoms with Gasteiger partial charge in [-0.1, -0.05) is 30.2 Å². The monoisotopic (exact) mass is 466 g/mol. The van der Waals surface area contributed by atoms with Crippen LogP contribution < -0.4 is 14.8 Å². The largest absolute Gasteiger partial charge is 0.507 e. The molecule has 2 unspecified atom stereocenters. The highest BCUT2D eigenvalue weighted by Gasteiger charge is 2.27. The van der Waals surface area contributed by atoms with Crippen LogP contribution in [0.2, 0.25) is 5.02 Å². The highest BCUT2D eigenvalue weighted by atomic mass is 35.5. The van der Waals surface area contributed by atoms with Gasteiger partial charge in [0.25, 0.3) is 0 Å². The van der Waals surface area contributed by atoms with E-state index in [0.29, 0.717) is 46.4 Å². The Bertz CT molecular complexity index is 1220. The Labute approximate surface area is 196 Å². The van der Waals surface area contributed by atoms with Crippen molar-refractivity contribution in [2.75, 3.05) is 12.1 Å². The van der Waals surface area contributed by atoms with E-state index in [9.17, 15) is 15.0 Å². The molecule has 2 heterocycles. The molecule has 33 heavy (non-hydrogen) atoms. The van der Waals surface area contributed by atoms with Gasteiger partial charge in [-0.25, -0.2) is 4.98 Å². The topological polar surface area (TPSA) is 101 Å². The van der Waals surface area contributed by atoms with Gasteiger partial charge in [0, 0.05) is 22.2 Å². The lowest BCUT2D eigenvalue weighted by atomic mass is 9.86. The molecule has 170 valence electrons. The lowest BCUT2D eigenvalue weighted by Crippen LogP contribution is -2.31. The summed E-state index contributed by atoms with van der Waals surface area (Å²) in [7, 11) is 0. The third-order valence-electron chi connectivity index (χ3n) is 6.14. The molecule has 0 saturated heterocycles. The van der Waals surface area contributed by atoms with Crippen molar-refractivity contribution in [1.82, 2.24) is 4.98 Å². The van der Waals surface area contributed by atoms with E-state index in [1.165, 1.54) is 6.07 Å². The second-order valence-electron chi connectivity index (χ2n) is 8.37. The number of phenols is 1. The van der Waals surface area contributed by atoms with E-state index in [2.05, 4.69) is 5.32 Å². The normalized spacial score (nSPS) is 19.3. The van der Waals surface area contributed by atoms with Gasteiger partial charge in [0.15, 0.2) is 11.5 Å². The number of carboxylic acids is 1. The lowest BCUT2D eigenvalue weighted by molar-refractivity contribution is -0.142. The van der Waals surface area contributed by atoms with Gasteiger partial charge in [-0.05, 0) is 61.2 Å². The number of aromatic hydroxyl groups is 1. The summed E-state index contributed by atoms with van der Waals surface area (Å²) in [6.07, 6.45) is 2.94. The van der Waals surface area contributed by atoms with Crippen molar-refractivity contribution < 1.29 is 24.5 Å². The number of phenolic OH excluding ortho intramolecular Hbond substituents is 1. The number of aromatic nitrogens is 1. The maximum absolute atomic E-state index is 11.5. The SMILES string of the molecule is O=C(O)C1CCCC(Nc2cc(-c3cccc4c3OCO4)cc(-c3cc(Cl)ccc3O)n2)C1. The number of benzene rings is 2. The van der Waals surface area contributed by atoms with Crippen molar-refractivity contribution >= 4 is 23.4 Å². The number of ether oxygens (including phenoxy) is 2. The summed E-state index contributed by atoms with van der Waals surface area (Å²) in [5, 5.41) is 23.8. The number of carboxylic acid groups (broad SMARTS) is 1. The van der Waals surface area contributed by atoms with E-state index in [1.807, 2.05) is 30.3 Å². The smallest absolute Gasteiger partial charge is 0.306 e. The predicted molar refractivity (Wildman–Crippen MR) is 125 cm³/mol. The summed E-state index contributed by atoms with van der Waals surface area (Å²) in [5.41, 5.74) is 2.71. The molecular weight excluding hydrogens is 444 g/mol. The molecule has 0 spiro atoms. The summed E-state index contributed by atoms with van der Waals surface area (Å²) in [6.45, 7) is 0.156. The van der Waals surface area contributed by atoms with Crippen LogP contribution in [0.25, 0.3) is 22.4 Å². The third-order valence-corrected chi connectivity index (χ3v) is 6.38. The molecule has 1 aliphatic carbocycles. The summed E-state index contributed by atoms with van der Waals surface area (Å²) in [5.74, 6) is 0.858. The van der Waals surface area contributed by atoms with Crippen LogP contribution in [0.5, 0.6) is 17.2 Å². The predicted octanol–water partition coefficient (Wildman–Crippen LogP) is 5.56. The van der Waals surface area contributed by atoms with Gasteiger partial charge in [0.2, 0.25) is 6.79 Å². The standard InChI is InChI=1S/C25H23ClN2O5/c26-16-7-8-21(29)19(12-16)20-10-15(18-5-2-6-22-24(18)33-13-32-22)11-23(28-20)27-17-4-1-3-14(9-17)25(30)31/h2,5-8,10-12,14,17,29H,1,3-4,9,13H2,(H,27,28)(H,30,31). The molecule has 0 bridgehead atoms. The quantitative estimate of drug-likeness (QED) is 0.452. The van der Waals surface area contributed by atoms with E-state index in [0.717, 1.165) is 24.0 Å². The van der Waals surface area contributed by atoms with Crippen molar-refractivity contribution in [2.24, 2.45) is 5.92 Å². The molecule has 3 aromatic rings. The van der Waals surface area contributed by atoms with E-state index in [-0.39, 0.29) is 24.5 Å². The molecule has 1 fully saturated rings. The molecule has 1 saturated carbocycles. The van der Waals surface area contributed by atoms with Crippen LogP contribution in [0.4, 0.5) is 5.82 Å². The van der Waals surface area contributed by atoms with Crippen molar-refractivity contribution in [1.29, 1.82) is 0 Å². The number of nitrogens with zero attached hydrogens (tertiary/aromatic N) is 1. The molecule has 3 N–H and O–H groups in total. The van der Waals surface area contributed by atoms with Crippen molar-refractivity contribution in [3.63, 3.8) is 0 Å². The third kappa shape index (κ3) is 4.41. The number of halogens is 1. The van der Waals surface area contributed by atoms with Crippen LogP contribution in [0.15, 0.2) is 48.5 Å². The molecule has 1 aromatic heterocycles. The maximum Gasteiger partial charge on any atom is 0.306 e. The van der Waals surface area contributed by atoms with E-state index in [4.69, 9.17) is 26.1 Å². The zero-order chi connectivity index (χ0) is 22.9. The van der Waals surface area contributed by atoms with Crippen molar-refractivity contribution in [2.45, 2.75) is 31.7 Å². The number of aliphatic carboxylic acids is 1. The fraction of sp³-hybridized carbons (Fsp3) is 0.280. The Morgan fingerprint density at radius 1 is 1.09 bits per heavy atom. The van der Waals surface area contributed by atoms with E-state index in [1.54, 1.807) is 12.1 Å². The van der Waals surface area contributed by atoms with Crippen LogP contribution in [0.1, 0.15) is 25.7 Å². The van der Waals surface area contributed by atoms with Gasteiger partial charge in [-0.3, -0.25) is 4.79 Å². The fourth-order valence-electron chi connectivity index (χ4n) is 4.52. The zero-order valence-electron chi connectivity index (χ0n) is 17.8. The van der Waals surface area contributed by atoms with E-state index < -0.39 is 5.97 Å². The van der Waals surface area contributed by atoms with Crippen LogP contribution in [0.3, 0.4) is 0 Å². The molecule has 2 atom stereocenters. The Kier molecular flexibility index (Phi) is 5.72. The number of fused-ring (bicyclic) bond motifs is 1. The van der Waals surface area contributed by atoms with Gasteiger partial charge >= 0.3 is 5.97 Å². The average Bonchev–Trinajstić information content (AvgIpc) is 3.29. The van der Waals surface area contributed by atoms with Crippen molar-refractivity contribution in [3.8, 4) is 39.6 Å². The molecule has 2 aliphatic rings. The van der Waals surface area contributed by atoms with Crippen LogP contribution in [-0.4, -0.2) is 34.0 Å². The minimum Gasteiger partial charge on any atom is -0.507 e. The van der Waals surface area contributed by atoms with Gasteiger partial charge in [0.05, 0.1) is 11.6 Å². The first-order chi connectivity index (χ1) is 16.0. The summed E-state index contributed by atoms with van der Waals surface area (Å²) >= 11 is 6.19. The van der Waals surface area contributed by atoms with Crippen molar-refractivity contribution in [3.05, 3.63) is 53.6 Å². The molecule has 5 rings (SSSR count). The number of hydrogen-bond acceptors (Lipinski definition) is 6. The molecule has 0 amide bonds. The highest BCUT2D eigenvalue weighted by Crippen LogP contribution is 2.43. The number of nitrogens with one attached hydrogen (secondary N) is 1. The number of carbonyl (C=O) groups is 1. The minimum atomic E-state index is -0.759. The molecule has 7 nitrogen and oxygen atoms in total. The van der Waals surface area contributed by atoms with Gasteiger partial charge < -0.3 is 25.0 Å². The lowest BCUT2D eigenvalue weighted by Gasteiger charge is -2.28. The second kappa shape index (κ2) is 8.83. The summed E-state index contributed by atoms with van der Waals surface area (Å²) in [6, 6.07) is 14.3. The molecule has 2 aromatic carbocycles. The van der Waals surface area contributed by atoms with Crippen LogP contribution >= 0.6 is 11.6 Å². The molecule has 1 aliphatic heterocycles. The Morgan fingerprint density at radius 2 is 1.97 bits per heavy atom. The first-order valence-corrected chi connectivity index (χ1v) is 11.2. The van der Waals surface area contributed by atoms with Crippen LogP contribution in [0, 0.1) is 5.92 Å². The van der Waals surface area contributed by atoms with Crippen LogP contribution in [-0.2, 0) is 4.79 Å². The van der Waals surface area contributed by atoms with Gasteiger partial charge in [-0.15, -0.1) is 0 Å². The zero-order valence-corrected chi connectivity index (χ0v) is 18.5. The number of anilines is 1. The Balaban J connectivity index is 1.57. The first kappa shape index (κ1) is 21.4. The number of pyridine rings is 1. The average molecular weight is 467 g/mol. The van der Waals surface area contributed by atoms with E-state index >= 15 is 0 Å². The molecular formula is C25H23ClN2O5. The maximum atomic E-state index is 11.5. The van der Waals surface area contributed by atoms with Gasteiger partial charge in [0.1, 0.15) is 11.6 Å². The number of para-hydroxylation sites is 1. The number of hydrogen-bond donors (Lipinski definition) is 3. The molecule has 8 heteroatoms. The highest BCUT2D eigenvalue weighted by molar-refractivity contribution is 6.31.